The van der Waals surface area contributed by atoms with E-state index in [2.05, 4.69) is 63.2 Å². The fraction of sp³-hybridized carbons (Fsp3) is 0.208. The molecule has 3 nitrogen and oxygen atoms in total. The molecule has 0 N–H and O–H groups in total. The van der Waals surface area contributed by atoms with Crippen molar-refractivity contribution in [3.05, 3.63) is 90.0 Å². The highest BCUT2D eigenvalue weighted by Gasteiger charge is 2.20. The fourth-order valence-electron chi connectivity index (χ4n) is 3.08. The lowest BCUT2D eigenvalue weighted by atomic mass is 9.95. The van der Waals surface area contributed by atoms with Crippen LogP contribution in [0.5, 0.6) is 0 Å². The number of fused-ring (bicyclic) bond motifs is 1. The molecule has 0 atom stereocenters. The largest absolute Gasteiger partial charge is 0.217 e. The van der Waals surface area contributed by atoms with E-state index >= 15 is 0 Å². The van der Waals surface area contributed by atoms with Gasteiger partial charge in [-0.15, -0.1) is 0 Å². The van der Waals surface area contributed by atoms with Gasteiger partial charge in [-0.1, -0.05) is 93.6 Å². The van der Waals surface area contributed by atoms with Crippen LogP contribution in [0.15, 0.2) is 72.8 Å². The average Bonchev–Trinajstić information content (AvgIpc) is 2.68. The minimum atomic E-state index is -0.134. The van der Waals surface area contributed by atoms with Gasteiger partial charge in [-0.3, -0.25) is 0 Å². The van der Waals surface area contributed by atoms with Gasteiger partial charge >= 0.3 is 0 Å². The Morgan fingerprint density at radius 1 is 0.704 bits per heavy atom. The van der Waals surface area contributed by atoms with Crippen LogP contribution in [-0.2, 0) is 11.8 Å². The van der Waals surface area contributed by atoms with Crippen LogP contribution in [0.2, 0.25) is 0 Å². The molecule has 134 valence electrons. The van der Waals surface area contributed by atoms with Crippen LogP contribution in [0.4, 0.5) is 0 Å². The molecule has 0 aliphatic carbocycles. The zero-order valence-corrected chi connectivity index (χ0v) is 16.0. The molecule has 4 rings (SSSR count). The third-order valence-corrected chi connectivity index (χ3v) is 4.56. The zero-order chi connectivity index (χ0) is 18.9. The molecule has 0 aliphatic rings. The summed E-state index contributed by atoms with van der Waals surface area (Å²) in [6.45, 7) is 6.41. The number of hydrogen-bond donors (Lipinski definition) is 0. The summed E-state index contributed by atoms with van der Waals surface area (Å²) in [7, 11) is 0. The van der Waals surface area contributed by atoms with Crippen LogP contribution in [-0.4, -0.2) is 15.0 Å². The van der Waals surface area contributed by atoms with Crippen LogP contribution in [0.3, 0.4) is 0 Å². The molecule has 0 aliphatic heterocycles. The normalized spacial score (nSPS) is 11.7. The number of rotatable bonds is 3. The molecule has 3 aromatic carbocycles. The first-order valence-corrected chi connectivity index (χ1v) is 9.27. The van der Waals surface area contributed by atoms with E-state index in [-0.39, 0.29) is 5.41 Å². The summed E-state index contributed by atoms with van der Waals surface area (Å²) >= 11 is 0. The van der Waals surface area contributed by atoms with Crippen molar-refractivity contribution in [2.24, 2.45) is 0 Å². The number of aromatic nitrogens is 3. The lowest BCUT2D eigenvalue weighted by Crippen LogP contribution is -2.19. The Kier molecular flexibility index (Phi) is 4.44. The maximum absolute atomic E-state index is 4.78. The van der Waals surface area contributed by atoms with E-state index in [1.165, 1.54) is 16.3 Å². The van der Waals surface area contributed by atoms with Crippen molar-refractivity contribution >= 4 is 10.8 Å². The minimum Gasteiger partial charge on any atom is -0.217 e. The van der Waals surface area contributed by atoms with Crippen LogP contribution in [0.1, 0.15) is 38.0 Å². The van der Waals surface area contributed by atoms with Crippen molar-refractivity contribution < 1.29 is 0 Å². The summed E-state index contributed by atoms with van der Waals surface area (Å²) in [6.07, 6.45) is 0.691. The van der Waals surface area contributed by atoms with Gasteiger partial charge in [-0.2, -0.15) is 0 Å². The van der Waals surface area contributed by atoms with Crippen molar-refractivity contribution in [2.45, 2.75) is 32.6 Å². The number of nitrogens with zero attached hydrogens (tertiary/aromatic N) is 3. The Labute approximate surface area is 160 Å². The predicted molar refractivity (Wildman–Crippen MR) is 111 cm³/mol. The lowest BCUT2D eigenvalue weighted by molar-refractivity contribution is 0.538. The summed E-state index contributed by atoms with van der Waals surface area (Å²) in [5, 5.41) is 2.49. The molecule has 0 saturated carbocycles. The van der Waals surface area contributed by atoms with Gasteiger partial charge in [0.15, 0.2) is 5.82 Å². The highest BCUT2D eigenvalue weighted by atomic mass is 15.0. The first kappa shape index (κ1) is 17.3. The van der Waals surface area contributed by atoms with Crippen LogP contribution in [0.25, 0.3) is 22.2 Å². The first-order chi connectivity index (χ1) is 13.0. The number of hydrogen-bond acceptors (Lipinski definition) is 3. The van der Waals surface area contributed by atoms with Gasteiger partial charge in [-0.25, -0.2) is 15.0 Å². The van der Waals surface area contributed by atoms with Crippen LogP contribution >= 0.6 is 0 Å². The predicted octanol–water partition coefficient (Wildman–Crippen LogP) is 5.58. The number of benzene rings is 3. The van der Waals surface area contributed by atoms with E-state index in [0.717, 1.165) is 23.0 Å². The van der Waals surface area contributed by atoms with E-state index in [1.54, 1.807) is 0 Å². The molecular weight excluding hydrogens is 330 g/mol. The second-order valence-corrected chi connectivity index (χ2v) is 7.87. The molecule has 0 saturated heterocycles. The van der Waals surface area contributed by atoms with Crippen molar-refractivity contribution in [2.75, 3.05) is 0 Å². The zero-order valence-electron chi connectivity index (χ0n) is 16.0. The Morgan fingerprint density at radius 3 is 2.15 bits per heavy atom. The van der Waals surface area contributed by atoms with E-state index in [0.29, 0.717) is 6.42 Å². The lowest BCUT2D eigenvalue weighted by Gasteiger charge is -2.18. The van der Waals surface area contributed by atoms with Crippen molar-refractivity contribution in [1.29, 1.82) is 0 Å². The molecule has 3 heteroatoms. The molecular formula is C24H23N3. The third kappa shape index (κ3) is 3.87. The summed E-state index contributed by atoms with van der Waals surface area (Å²) < 4.78 is 0. The van der Waals surface area contributed by atoms with Crippen LogP contribution < -0.4 is 0 Å². The second kappa shape index (κ2) is 6.92. The smallest absolute Gasteiger partial charge is 0.163 e. The van der Waals surface area contributed by atoms with Gasteiger partial charge in [0.2, 0.25) is 0 Å². The monoisotopic (exact) mass is 353 g/mol. The molecule has 1 heterocycles. The molecule has 27 heavy (non-hydrogen) atoms. The summed E-state index contributed by atoms with van der Waals surface area (Å²) in [6, 6.07) is 25.1. The molecule has 0 fully saturated rings. The highest BCUT2D eigenvalue weighted by Crippen LogP contribution is 2.23. The van der Waals surface area contributed by atoms with E-state index in [1.807, 2.05) is 30.3 Å². The SMILES string of the molecule is CC(C)(C)c1nc(Cc2ccc3ccccc3c2)nc(-c2ccccc2)n1. The Morgan fingerprint density at radius 2 is 1.41 bits per heavy atom. The van der Waals surface area contributed by atoms with E-state index in [9.17, 15) is 0 Å². The van der Waals surface area contributed by atoms with Crippen molar-refractivity contribution in [1.82, 2.24) is 15.0 Å². The van der Waals surface area contributed by atoms with Crippen LogP contribution in [0, 0.1) is 0 Å². The second-order valence-electron chi connectivity index (χ2n) is 7.87. The molecule has 0 bridgehead atoms. The van der Waals surface area contributed by atoms with Gasteiger partial charge in [0.25, 0.3) is 0 Å². The average molecular weight is 353 g/mol. The fourth-order valence-corrected chi connectivity index (χ4v) is 3.08. The summed E-state index contributed by atoms with van der Waals surface area (Å²) in [5.74, 6) is 2.38. The van der Waals surface area contributed by atoms with Gasteiger partial charge in [-0.05, 0) is 16.3 Å². The molecule has 0 amide bonds. The molecule has 0 unspecified atom stereocenters. The Bertz CT molecular complexity index is 1080. The van der Waals surface area contributed by atoms with E-state index < -0.39 is 0 Å². The third-order valence-electron chi connectivity index (χ3n) is 4.56. The Hall–Kier alpha value is -3.07. The molecule has 1 aromatic heterocycles. The Balaban J connectivity index is 1.76. The quantitative estimate of drug-likeness (QED) is 0.482. The first-order valence-electron chi connectivity index (χ1n) is 9.27. The highest BCUT2D eigenvalue weighted by molar-refractivity contribution is 5.83. The maximum Gasteiger partial charge on any atom is 0.163 e. The molecule has 0 spiro atoms. The summed E-state index contributed by atoms with van der Waals surface area (Å²) in [5.41, 5.74) is 2.09. The topological polar surface area (TPSA) is 38.7 Å². The molecule has 4 aromatic rings. The minimum absolute atomic E-state index is 0.134. The standard InChI is InChI=1S/C24H23N3/c1-24(2,3)23-26-21(25-22(27-23)19-10-5-4-6-11-19)16-17-13-14-18-9-7-8-12-20(18)15-17/h4-15H,16H2,1-3H3. The van der Waals surface area contributed by atoms with Crippen molar-refractivity contribution in [3.63, 3.8) is 0 Å². The van der Waals surface area contributed by atoms with Crippen molar-refractivity contribution in [3.8, 4) is 11.4 Å². The van der Waals surface area contributed by atoms with Gasteiger partial charge < -0.3 is 0 Å². The van der Waals surface area contributed by atoms with E-state index in [4.69, 9.17) is 15.0 Å². The summed E-state index contributed by atoms with van der Waals surface area (Å²) in [4.78, 5) is 14.3. The van der Waals surface area contributed by atoms with Gasteiger partial charge in [0.1, 0.15) is 11.6 Å². The van der Waals surface area contributed by atoms with Gasteiger partial charge in [0.05, 0.1) is 0 Å². The maximum atomic E-state index is 4.78. The van der Waals surface area contributed by atoms with Gasteiger partial charge in [0, 0.05) is 17.4 Å². The molecule has 0 radical (unpaired) electrons.